The van der Waals surface area contributed by atoms with Gasteiger partial charge in [0, 0.05) is 76.2 Å². The maximum absolute atomic E-state index is 14.7. The summed E-state index contributed by atoms with van der Waals surface area (Å²) >= 11 is 0. The minimum absolute atomic E-state index is 0.0306. The second-order valence-corrected chi connectivity index (χ2v) is 33.8. The number of likely N-dealkylation sites (N-methyl/N-ethyl adjacent to an activating group) is 4. The number of hydrogen-bond donors (Lipinski definition) is 4. The van der Waals surface area contributed by atoms with E-state index in [2.05, 4.69) is 66.3 Å². The number of pyridine rings is 4. The molecule has 124 heavy (non-hydrogen) atoms. The van der Waals surface area contributed by atoms with Crippen molar-refractivity contribution in [2.75, 3.05) is 28.2 Å². The Labute approximate surface area is 714 Å². The Morgan fingerprint density at radius 1 is 0.355 bits per heavy atom. The van der Waals surface area contributed by atoms with Crippen molar-refractivity contribution in [3.05, 3.63) is 309 Å². The third kappa shape index (κ3) is 15.6. The molecular formula is C96H92F6N18O4. The molecule has 0 radical (unpaired) electrons. The topological polar surface area (TPSA) is 334 Å². The van der Waals surface area contributed by atoms with Gasteiger partial charge in [-0.1, -0.05) is 109 Å². The first-order valence-electron chi connectivity index (χ1n) is 41.0. The SMILES string of the molecule is CN1C(=O)[C@@H](c2ccc(C3(C#N)CCC3)cc2)[C@@](C)(c2ccc(F)cc2F)N=C1N.CN1C(=O)[C@@H](c2ccc(C3CC3)cc2)[C@@](C)(c2ccnc(-c3cccnc3F)c2)N=C1N.CN1C(=O)[C@H](c2ccc(C3(C#N)CCC3)cc2)[C@@](C)(c2ccc(F)cc2F)N=C1N.CN1C(=O)[C@H](c2ccc(C3CC3)cc2)[C@@](C)(c2ccnc(-c3cccnc3F)c2)N=C1N. The summed E-state index contributed by atoms with van der Waals surface area (Å²) < 4.78 is 85.1. The predicted molar refractivity (Wildman–Crippen MR) is 458 cm³/mol. The van der Waals surface area contributed by atoms with Crippen LogP contribution in [0.2, 0.25) is 0 Å². The average Bonchev–Trinajstić information content (AvgIpc) is 1.74. The van der Waals surface area contributed by atoms with Crippen molar-refractivity contribution < 1.29 is 45.5 Å². The third-order valence-electron chi connectivity index (χ3n) is 26.1. The molecule has 4 aliphatic carbocycles. The molecule has 0 spiro atoms. The van der Waals surface area contributed by atoms with E-state index in [9.17, 15) is 56.0 Å². The molecule has 0 unspecified atom stereocenters. The molecule has 4 aromatic heterocycles. The van der Waals surface area contributed by atoms with Crippen LogP contribution in [0.4, 0.5) is 26.3 Å². The van der Waals surface area contributed by atoms with E-state index in [0.29, 0.717) is 45.5 Å². The first-order valence-corrected chi connectivity index (χ1v) is 41.0. The summed E-state index contributed by atoms with van der Waals surface area (Å²) in [5.74, 6) is -6.51. The van der Waals surface area contributed by atoms with Gasteiger partial charge in [-0.15, -0.1) is 0 Å². The fourth-order valence-electron chi connectivity index (χ4n) is 17.9. The molecule has 22 nitrogen and oxygen atoms in total. The van der Waals surface area contributed by atoms with E-state index in [1.165, 1.54) is 95.0 Å². The van der Waals surface area contributed by atoms with Crippen LogP contribution in [0.1, 0.15) is 194 Å². The van der Waals surface area contributed by atoms with Gasteiger partial charge in [0.15, 0.2) is 23.8 Å². The smallest absolute Gasteiger partial charge is 0.239 e. The lowest BCUT2D eigenvalue weighted by Gasteiger charge is -2.41. The second-order valence-electron chi connectivity index (χ2n) is 33.8. The standard InChI is InChI=1S/2C25H24FN5O.2C23H22F2N4O/c2*1-25(18-11-13-28-20(14-18)19-4-3-12-29-22(19)26)21(23(32)31(2)24(27)30-25)17-9-7-16(8-10-17)15-5-6-15;2*1-22(17-9-8-16(24)12-18(17)25)19(20(30)29(2)21(27)28-22)14-4-6-15(7-5-14)23(13-26)10-3-11-23/h2*3-4,7-15,21H,5-6H2,1-2H3,(H2,27,30);2*4-9,12,19H,3,10-11H2,1-2H3,(H2,27,28)/t21-,25+;21-,25-;19-,22+;19-,22-/m0101/s1. The number of amides is 4. The summed E-state index contributed by atoms with van der Waals surface area (Å²) in [7, 11) is 6.30. The van der Waals surface area contributed by atoms with Crippen molar-refractivity contribution in [3.8, 4) is 34.7 Å². The highest BCUT2D eigenvalue weighted by molar-refractivity contribution is 6.05. The molecule has 10 aromatic rings. The highest BCUT2D eigenvalue weighted by atomic mass is 19.2. The Balaban J connectivity index is 0.000000128. The maximum Gasteiger partial charge on any atom is 0.239 e. The molecule has 8 atom stereocenters. The number of rotatable bonds is 14. The number of carbonyl (C=O) groups excluding carboxylic acids is 4. The quantitative estimate of drug-likeness (QED) is 0.0581. The van der Waals surface area contributed by atoms with Crippen LogP contribution in [0.15, 0.2) is 227 Å². The first kappa shape index (κ1) is 85.2. The van der Waals surface area contributed by atoms with Crippen LogP contribution in [-0.4, -0.2) is 115 Å². The Bertz CT molecular complexity index is 5710. The van der Waals surface area contributed by atoms with Crippen LogP contribution in [0.5, 0.6) is 0 Å². The Morgan fingerprint density at radius 3 is 0.919 bits per heavy atom. The molecule has 4 amide bonds. The minimum Gasteiger partial charge on any atom is -0.369 e. The van der Waals surface area contributed by atoms with Crippen molar-refractivity contribution in [2.24, 2.45) is 42.9 Å². The fourth-order valence-corrected chi connectivity index (χ4v) is 17.9. The van der Waals surface area contributed by atoms with Crippen molar-refractivity contribution in [2.45, 2.75) is 160 Å². The lowest BCUT2D eigenvalue weighted by molar-refractivity contribution is -0.131. The molecule has 4 fully saturated rings. The van der Waals surface area contributed by atoms with Crippen molar-refractivity contribution in [3.63, 3.8) is 0 Å². The summed E-state index contributed by atoms with van der Waals surface area (Å²) in [6, 6.07) is 56.1. The minimum atomic E-state index is -1.35. The van der Waals surface area contributed by atoms with Crippen LogP contribution in [0.3, 0.4) is 0 Å². The molecule has 8 N–H and O–H groups in total. The van der Waals surface area contributed by atoms with E-state index < -0.39 is 91.8 Å². The number of aliphatic imine (C=N–C) groups is 4. The molecule has 8 heterocycles. The first-order chi connectivity index (χ1) is 59.2. The highest BCUT2D eigenvalue weighted by Crippen LogP contribution is 2.53. The van der Waals surface area contributed by atoms with Gasteiger partial charge in [-0.2, -0.15) is 19.3 Å². The molecule has 8 aliphatic rings. The largest absolute Gasteiger partial charge is 0.369 e. The van der Waals surface area contributed by atoms with E-state index >= 15 is 0 Å². The van der Waals surface area contributed by atoms with Crippen LogP contribution in [0.25, 0.3) is 22.5 Å². The molecule has 18 rings (SSSR count). The van der Waals surface area contributed by atoms with Gasteiger partial charge in [0.05, 0.1) is 69.2 Å². The molecule has 632 valence electrons. The van der Waals surface area contributed by atoms with Gasteiger partial charge < -0.3 is 22.9 Å². The average molecular weight is 1680 g/mol. The molecule has 28 heteroatoms. The van der Waals surface area contributed by atoms with Gasteiger partial charge in [0.25, 0.3) is 0 Å². The van der Waals surface area contributed by atoms with Gasteiger partial charge in [-0.3, -0.25) is 48.7 Å². The number of nitriles is 2. The zero-order valence-electron chi connectivity index (χ0n) is 69.6. The van der Waals surface area contributed by atoms with Crippen LogP contribution in [0, 0.1) is 57.8 Å². The zero-order valence-corrected chi connectivity index (χ0v) is 69.6. The third-order valence-corrected chi connectivity index (χ3v) is 26.1. The number of benzene rings is 6. The number of carbonyl (C=O) groups is 4. The Morgan fingerprint density at radius 2 is 0.645 bits per heavy atom. The van der Waals surface area contributed by atoms with Gasteiger partial charge in [-0.05, 0) is 220 Å². The lowest BCUT2D eigenvalue weighted by atomic mass is 9.65. The van der Waals surface area contributed by atoms with E-state index in [1.807, 2.05) is 62.4 Å². The maximum atomic E-state index is 14.7. The van der Waals surface area contributed by atoms with Crippen molar-refractivity contribution in [1.29, 1.82) is 10.5 Å². The van der Waals surface area contributed by atoms with Gasteiger partial charge in [0.1, 0.15) is 45.4 Å². The zero-order chi connectivity index (χ0) is 88.3. The lowest BCUT2D eigenvalue weighted by Crippen LogP contribution is -2.52. The van der Waals surface area contributed by atoms with Crippen LogP contribution < -0.4 is 22.9 Å². The summed E-state index contributed by atoms with van der Waals surface area (Å²) in [5.41, 5.74) is 29.1. The van der Waals surface area contributed by atoms with Crippen molar-refractivity contribution in [1.82, 2.24) is 39.5 Å². The van der Waals surface area contributed by atoms with E-state index in [1.54, 1.807) is 113 Å². The number of halogens is 6. The second kappa shape index (κ2) is 33.2. The number of aromatic nitrogens is 4. The van der Waals surface area contributed by atoms with Gasteiger partial charge in [0.2, 0.25) is 35.5 Å². The fraction of sp³-hybridized carbons (Fsp3) is 0.312. The van der Waals surface area contributed by atoms with Crippen molar-refractivity contribution >= 4 is 47.5 Å². The number of guanidine groups is 4. The monoisotopic (exact) mass is 1670 g/mol. The molecule has 0 saturated heterocycles. The Hall–Kier alpha value is -13.8. The predicted octanol–water partition coefficient (Wildman–Crippen LogP) is 15.3. The molecule has 4 saturated carbocycles. The van der Waals surface area contributed by atoms with Gasteiger partial charge >= 0.3 is 0 Å². The van der Waals surface area contributed by atoms with Crippen LogP contribution >= 0.6 is 0 Å². The van der Waals surface area contributed by atoms with E-state index in [-0.39, 0.29) is 58.6 Å². The Kier molecular flexibility index (Phi) is 22.8. The van der Waals surface area contributed by atoms with E-state index in [4.69, 9.17) is 32.9 Å². The molecule has 0 bridgehead atoms. The summed E-state index contributed by atoms with van der Waals surface area (Å²) in [6.07, 6.45) is 16.1. The molecule has 4 aliphatic heterocycles. The van der Waals surface area contributed by atoms with E-state index in [0.717, 1.165) is 96.2 Å². The molecule has 6 aromatic carbocycles. The number of hydrogen-bond acceptors (Lipinski definition) is 18. The number of nitrogens with zero attached hydrogens (tertiary/aromatic N) is 14. The summed E-state index contributed by atoms with van der Waals surface area (Å²) in [6.45, 7) is 7.04. The van der Waals surface area contributed by atoms with Crippen LogP contribution in [-0.2, 0) is 52.2 Å². The number of nitrogens with two attached hydrogens (primary N) is 4. The highest BCUT2D eigenvalue weighted by Gasteiger charge is 2.53. The normalized spacial score (nSPS) is 24.2. The molecular weight excluding hydrogens is 1580 g/mol. The summed E-state index contributed by atoms with van der Waals surface area (Å²) in [5, 5.41) is 19.2. The summed E-state index contributed by atoms with van der Waals surface area (Å²) in [4.78, 5) is 93.2. The van der Waals surface area contributed by atoms with Gasteiger partial charge in [-0.25, -0.2) is 47.5 Å².